The first-order chi connectivity index (χ1) is 13.1. The Kier molecular flexibility index (Phi) is 5.06. The maximum absolute atomic E-state index is 14.1. The van der Waals surface area contributed by atoms with Crippen LogP contribution in [-0.2, 0) is 0 Å². The molecule has 0 fully saturated rings. The van der Waals surface area contributed by atoms with E-state index < -0.39 is 11.4 Å². The zero-order valence-corrected chi connectivity index (χ0v) is 13.9. The lowest BCUT2D eigenvalue weighted by Crippen LogP contribution is -2.16. The number of anilines is 1. The maximum atomic E-state index is 14.1. The molecule has 3 aromatic rings. The van der Waals surface area contributed by atoms with E-state index in [9.17, 15) is 14.4 Å². The second-order valence-electron chi connectivity index (χ2n) is 5.34. The topological polar surface area (TPSA) is 93.9 Å². The molecule has 1 heterocycles. The summed E-state index contributed by atoms with van der Waals surface area (Å²) in [5, 5.41) is 13.1. The summed E-state index contributed by atoms with van der Waals surface area (Å²) in [6, 6.07) is 15.3. The van der Waals surface area contributed by atoms with E-state index in [0.29, 0.717) is 5.56 Å². The SMILES string of the molecule is C#Cc1cccc(C=NNc2nc(-c3ccccc3)c(C#N)c(=O)[nH]2)c1F. The average molecular weight is 357 g/mol. The second-order valence-corrected chi connectivity index (χ2v) is 5.34. The van der Waals surface area contributed by atoms with Crippen molar-refractivity contribution in [3.05, 3.63) is 81.4 Å². The van der Waals surface area contributed by atoms with Crippen molar-refractivity contribution in [3.8, 4) is 29.7 Å². The first-order valence-corrected chi connectivity index (χ1v) is 7.78. The van der Waals surface area contributed by atoms with Crippen molar-refractivity contribution < 1.29 is 4.39 Å². The van der Waals surface area contributed by atoms with Crippen LogP contribution in [0.4, 0.5) is 10.3 Å². The number of nitrogens with one attached hydrogen (secondary N) is 2. The Hall–Kier alpha value is -4.23. The van der Waals surface area contributed by atoms with E-state index >= 15 is 0 Å². The first-order valence-electron chi connectivity index (χ1n) is 7.78. The van der Waals surface area contributed by atoms with Gasteiger partial charge in [0.1, 0.15) is 17.4 Å². The number of rotatable bonds is 4. The van der Waals surface area contributed by atoms with Crippen LogP contribution in [-0.4, -0.2) is 16.2 Å². The molecule has 130 valence electrons. The standard InChI is InChI=1S/C20H12FN5O/c1-2-13-9-6-10-15(17(13)21)12-23-26-20-24-18(14-7-4-3-5-8-14)16(11-22)19(27)25-20/h1,3-10,12H,(H2,24,25,26,27). The summed E-state index contributed by atoms with van der Waals surface area (Å²) in [5.41, 5.74) is 2.95. The molecule has 0 aliphatic heterocycles. The summed E-state index contributed by atoms with van der Waals surface area (Å²) in [4.78, 5) is 18.8. The van der Waals surface area contributed by atoms with Crippen LogP contribution in [0.25, 0.3) is 11.3 Å². The number of hydrogen-bond donors (Lipinski definition) is 2. The number of aromatic amines is 1. The molecule has 0 aliphatic carbocycles. The summed E-state index contributed by atoms with van der Waals surface area (Å²) in [5.74, 6) is 1.69. The van der Waals surface area contributed by atoms with Crippen molar-refractivity contribution in [2.75, 3.05) is 5.43 Å². The van der Waals surface area contributed by atoms with Gasteiger partial charge in [-0.2, -0.15) is 10.4 Å². The Morgan fingerprint density at radius 1 is 1.22 bits per heavy atom. The first kappa shape index (κ1) is 17.6. The van der Waals surface area contributed by atoms with Gasteiger partial charge in [0.15, 0.2) is 0 Å². The third-order valence-electron chi connectivity index (χ3n) is 3.64. The minimum atomic E-state index is -0.607. The van der Waals surface area contributed by atoms with E-state index in [1.54, 1.807) is 30.3 Å². The molecule has 7 heteroatoms. The smallest absolute Gasteiger partial charge is 0.270 e. The molecule has 0 bridgehead atoms. The fraction of sp³-hybridized carbons (Fsp3) is 0. The van der Waals surface area contributed by atoms with Crippen LogP contribution in [0.2, 0.25) is 0 Å². The zero-order valence-electron chi connectivity index (χ0n) is 13.9. The molecule has 0 saturated heterocycles. The lowest BCUT2D eigenvalue weighted by atomic mass is 10.1. The molecule has 6 nitrogen and oxygen atoms in total. The fourth-order valence-electron chi connectivity index (χ4n) is 2.36. The molecule has 27 heavy (non-hydrogen) atoms. The van der Waals surface area contributed by atoms with Crippen LogP contribution in [0, 0.1) is 29.5 Å². The van der Waals surface area contributed by atoms with Gasteiger partial charge in [-0.15, -0.1) is 6.42 Å². The van der Waals surface area contributed by atoms with E-state index in [4.69, 9.17) is 6.42 Å². The largest absolute Gasteiger partial charge is 0.290 e. The number of hydrazone groups is 1. The third kappa shape index (κ3) is 3.73. The average Bonchev–Trinajstić information content (AvgIpc) is 2.69. The quantitative estimate of drug-likeness (QED) is 0.426. The molecule has 2 N–H and O–H groups in total. The molecule has 0 aliphatic rings. The van der Waals surface area contributed by atoms with E-state index in [0.717, 1.165) is 0 Å². The van der Waals surface area contributed by atoms with Crippen LogP contribution >= 0.6 is 0 Å². The lowest BCUT2D eigenvalue weighted by Gasteiger charge is -2.06. The molecule has 0 spiro atoms. The summed E-state index contributed by atoms with van der Waals surface area (Å²) in [7, 11) is 0. The zero-order chi connectivity index (χ0) is 19.2. The molecule has 0 atom stereocenters. The maximum Gasteiger partial charge on any atom is 0.270 e. The van der Waals surface area contributed by atoms with Crippen molar-refractivity contribution in [1.82, 2.24) is 9.97 Å². The van der Waals surface area contributed by atoms with Gasteiger partial charge in [0.25, 0.3) is 5.56 Å². The van der Waals surface area contributed by atoms with Crippen LogP contribution in [0.15, 0.2) is 58.4 Å². The number of nitriles is 1. The number of aromatic nitrogens is 2. The summed E-state index contributed by atoms with van der Waals surface area (Å²) >= 11 is 0. The van der Waals surface area contributed by atoms with Gasteiger partial charge in [0, 0.05) is 11.1 Å². The minimum Gasteiger partial charge on any atom is -0.290 e. The van der Waals surface area contributed by atoms with Crippen LogP contribution in [0.3, 0.4) is 0 Å². The van der Waals surface area contributed by atoms with E-state index in [1.165, 1.54) is 18.3 Å². The van der Waals surface area contributed by atoms with Crippen molar-refractivity contribution in [2.45, 2.75) is 0 Å². The van der Waals surface area contributed by atoms with Crippen molar-refractivity contribution in [1.29, 1.82) is 5.26 Å². The highest BCUT2D eigenvalue weighted by Crippen LogP contribution is 2.19. The van der Waals surface area contributed by atoms with Crippen LogP contribution in [0.1, 0.15) is 16.7 Å². The second kappa shape index (κ2) is 7.77. The molecule has 0 unspecified atom stereocenters. The lowest BCUT2D eigenvalue weighted by molar-refractivity contribution is 0.622. The summed E-state index contributed by atoms with van der Waals surface area (Å²) in [6.07, 6.45) is 6.45. The Bertz CT molecular complexity index is 1150. The van der Waals surface area contributed by atoms with Gasteiger partial charge < -0.3 is 0 Å². The van der Waals surface area contributed by atoms with Gasteiger partial charge in [0.05, 0.1) is 17.5 Å². The minimum absolute atomic E-state index is 0.0163. The number of hydrogen-bond acceptors (Lipinski definition) is 5. The van der Waals surface area contributed by atoms with Crippen LogP contribution < -0.4 is 11.0 Å². The molecule has 0 radical (unpaired) electrons. The van der Waals surface area contributed by atoms with Gasteiger partial charge in [0.2, 0.25) is 5.95 Å². The summed E-state index contributed by atoms with van der Waals surface area (Å²) in [6.45, 7) is 0. The predicted octanol–water partition coefficient (Wildman–Crippen LogP) is 2.87. The number of halogens is 1. The highest BCUT2D eigenvalue weighted by atomic mass is 19.1. The molecular formula is C20H12FN5O. The van der Waals surface area contributed by atoms with E-state index in [1.807, 2.05) is 12.1 Å². The van der Waals surface area contributed by atoms with E-state index in [-0.39, 0.29) is 28.3 Å². The highest BCUT2D eigenvalue weighted by Gasteiger charge is 2.12. The normalized spacial score (nSPS) is 10.3. The van der Waals surface area contributed by atoms with Gasteiger partial charge in [-0.05, 0) is 6.07 Å². The number of nitrogens with zero attached hydrogens (tertiary/aromatic N) is 3. The molecule has 0 amide bonds. The predicted molar refractivity (Wildman–Crippen MR) is 101 cm³/mol. The van der Waals surface area contributed by atoms with Crippen molar-refractivity contribution >= 4 is 12.2 Å². The molecule has 2 aromatic carbocycles. The highest BCUT2D eigenvalue weighted by molar-refractivity contribution is 5.81. The third-order valence-corrected chi connectivity index (χ3v) is 3.64. The van der Waals surface area contributed by atoms with Gasteiger partial charge >= 0.3 is 0 Å². The van der Waals surface area contributed by atoms with Crippen molar-refractivity contribution in [3.63, 3.8) is 0 Å². The molecule has 3 rings (SSSR count). The van der Waals surface area contributed by atoms with Crippen molar-refractivity contribution in [2.24, 2.45) is 5.10 Å². The Morgan fingerprint density at radius 2 is 2.00 bits per heavy atom. The van der Waals surface area contributed by atoms with Crippen LogP contribution in [0.5, 0.6) is 0 Å². The number of H-pyrrole nitrogens is 1. The number of benzene rings is 2. The van der Waals surface area contributed by atoms with E-state index in [2.05, 4.69) is 26.4 Å². The fourth-order valence-corrected chi connectivity index (χ4v) is 2.36. The van der Waals surface area contributed by atoms with Gasteiger partial charge in [-0.1, -0.05) is 48.4 Å². The monoisotopic (exact) mass is 357 g/mol. The number of terminal acetylenes is 1. The molecular weight excluding hydrogens is 345 g/mol. The molecule has 0 saturated carbocycles. The summed E-state index contributed by atoms with van der Waals surface area (Å²) < 4.78 is 14.1. The Balaban J connectivity index is 1.93. The van der Waals surface area contributed by atoms with Gasteiger partial charge in [-0.3, -0.25) is 9.78 Å². The Labute approximate surface area is 154 Å². The molecule has 1 aromatic heterocycles. The Morgan fingerprint density at radius 3 is 2.70 bits per heavy atom. The van der Waals surface area contributed by atoms with Gasteiger partial charge in [-0.25, -0.2) is 14.8 Å².